The second-order valence-electron chi connectivity index (χ2n) is 7.05. The summed E-state index contributed by atoms with van der Waals surface area (Å²) in [6, 6.07) is 21.2. The number of benzene rings is 2. The van der Waals surface area contributed by atoms with Gasteiger partial charge in [0.2, 0.25) is 0 Å². The molecule has 0 N–H and O–H groups in total. The van der Waals surface area contributed by atoms with Crippen molar-refractivity contribution in [3.63, 3.8) is 0 Å². The molecule has 140 valence electrons. The van der Waals surface area contributed by atoms with Crippen molar-refractivity contribution in [1.82, 2.24) is 4.98 Å². The fourth-order valence-electron chi connectivity index (χ4n) is 3.53. The first-order valence-electron chi connectivity index (χ1n) is 9.65. The first kappa shape index (κ1) is 19.6. The topological polar surface area (TPSA) is 12.9 Å². The molecule has 0 aliphatic carbocycles. The van der Waals surface area contributed by atoms with Gasteiger partial charge >= 0.3 is 0 Å². The Morgan fingerprint density at radius 2 is 1.68 bits per heavy atom. The third kappa shape index (κ3) is 4.04. The molecule has 1 heteroatoms. The lowest BCUT2D eigenvalue weighted by molar-refractivity contribution is 1.20. The number of hydrogen-bond acceptors (Lipinski definition) is 1. The van der Waals surface area contributed by atoms with E-state index >= 15 is 0 Å². The van der Waals surface area contributed by atoms with Gasteiger partial charge in [-0.2, -0.15) is 0 Å². The van der Waals surface area contributed by atoms with Crippen LogP contribution in [0.1, 0.15) is 30.7 Å². The van der Waals surface area contributed by atoms with Crippen LogP contribution in [0.3, 0.4) is 0 Å². The van der Waals surface area contributed by atoms with E-state index in [1.54, 1.807) is 0 Å². The van der Waals surface area contributed by atoms with Crippen LogP contribution in [-0.2, 0) is 0 Å². The zero-order valence-electron chi connectivity index (χ0n) is 17.2. The van der Waals surface area contributed by atoms with Crippen LogP contribution in [-0.4, -0.2) is 4.98 Å². The highest BCUT2D eigenvalue weighted by atomic mass is 14.7. The molecule has 0 saturated carbocycles. The second-order valence-corrected chi connectivity index (χ2v) is 7.05. The fraction of sp³-hybridized carbons (Fsp3) is 0.148. The number of hydrogen-bond donors (Lipinski definition) is 0. The van der Waals surface area contributed by atoms with Crippen LogP contribution in [0.4, 0.5) is 0 Å². The first-order valence-corrected chi connectivity index (χ1v) is 9.65. The van der Waals surface area contributed by atoms with E-state index in [1.807, 2.05) is 19.1 Å². The molecule has 0 amide bonds. The van der Waals surface area contributed by atoms with Gasteiger partial charge in [-0.3, -0.25) is 4.98 Å². The summed E-state index contributed by atoms with van der Waals surface area (Å²) in [5.74, 6) is 0. The van der Waals surface area contributed by atoms with Crippen LogP contribution in [0.15, 0.2) is 91.0 Å². The van der Waals surface area contributed by atoms with Crippen LogP contribution in [0.5, 0.6) is 0 Å². The SMILES string of the molecule is C=C/C(C)=C(\C=C/C)c1c(C)cccc1-c1cc(-c2ccccc2)cc(C)n1. The Bertz CT molecular complexity index is 1050. The van der Waals surface area contributed by atoms with E-state index in [2.05, 4.69) is 94.1 Å². The molecule has 0 aliphatic heterocycles. The van der Waals surface area contributed by atoms with Crippen LogP contribution in [0.2, 0.25) is 0 Å². The van der Waals surface area contributed by atoms with Crippen LogP contribution < -0.4 is 0 Å². The number of nitrogens with zero attached hydrogens (tertiary/aromatic N) is 1. The Morgan fingerprint density at radius 1 is 0.929 bits per heavy atom. The van der Waals surface area contributed by atoms with Crippen molar-refractivity contribution in [3.8, 4) is 22.4 Å². The first-order chi connectivity index (χ1) is 13.5. The predicted octanol–water partition coefficient (Wildman–Crippen LogP) is 7.57. The molecule has 1 nitrogen and oxygen atoms in total. The number of pyridine rings is 1. The second kappa shape index (κ2) is 8.67. The fourth-order valence-corrected chi connectivity index (χ4v) is 3.53. The van der Waals surface area contributed by atoms with Crippen molar-refractivity contribution in [1.29, 1.82) is 0 Å². The standard InChI is InChI=1S/C27H27N/c1-6-12-24(19(3)7-2)27-20(4)13-11-16-25(27)26-18-23(17-21(5)28-26)22-14-9-8-10-15-22/h6-18H,2H2,1,3-5H3/b12-6-,24-19+. The zero-order valence-corrected chi connectivity index (χ0v) is 17.2. The Hall–Kier alpha value is -3.19. The summed E-state index contributed by atoms with van der Waals surface area (Å²) in [6.07, 6.45) is 6.17. The molecule has 28 heavy (non-hydrogen) atoms. The highest BCUT2D eigenvalue weighted by molar-refractivity contribution is 5.89. The molecule has 0 atom stereocenters. The molecule has 0 spiro atoms. The Labute approximate surface area is 168 Å². The molecule has 3 aromatic rings. The lowest BCUT2D eigenvalue weighted by Gasteiger charge is -2.17. The van der Waals surface area contributed by atoms with Crippen LogP contribution in [0.25, 0.3) is 28.0 Å². The molecule has 2 aromatic carbocycles. The van der Waals surface area contributed by atoms with Crippen LogP contribution in [0, 0.1) is 13.8 Å². The van der Waals surface area contributed by atoms with Gasteiger partial charge in [0.25, 0.3) is 0 Å². The Balaban J connectivity index is 2.28. The van der Waals surface area contributed by atoms with Crippen molar-refractivity contribution in [2.45, 2.75) is 27.7 Å². The normalized spacial score (nSPS) is 12.1. The van der Waals surface area contributed by atoms with E-state index in [9.17, 15) is 0 Å². The van der Waals surface area contributed by atoms with Gasteiger partial charge in [-0.15, -0.1) is 0 Å². The van der Waals surface area contributed by atoms with Crippen molar-refractivity contribution in [3.05, 3.63) is 108 Å². The molecule has 0 unspecified atom stereocenters. The number of aryl methyl sites for hydroxylation is 2. The monoisotopic (exact) mass is 365 g/mol. The van der Waals surface area contributed by atoms with E-state index in [1.165, 1.54) is 27.8 Å². The van der Waals surface area contributed by atoms with Gasteiger partial charge in [0.15, 0.2) is 0 Å². The summed E-state index contributed by atoms with van der Waals surface area (Å²) in [5.41, 5.74) is 10.3. The lowest BCUT2D eigenvalue weighted by Crippen LogP contribution is -1.97. The number of allylic oxidation sites excluding steroid dienone is 5. The molecule has 0 aliphatic rings. The van der Waals surface area contributed by atoms with Crippen LogP contribution >= 0.6 is 0 Å². The van der Waals surface area contributed by atoms with Crippen molar-refractivity contribution >= 4 is 5.57 Å². The smallest absolute Gasteiger partial charge is 0.0717 e. The summed E-state index contributed by atoms with van der Waals surface area (Å²) in [7, 11) is 0. The highest BCUT2D eigenvalue weighted by Gasteiger charge is 2.14. The summed E-state index contributed by atoms with van der Waals surface area (Å²) in [4.78, 5) is 4.89. The number of aromatic nitrogens is 1. The average Bonchev–Trinajstić information content (AvgIpc) is 2.72. The maximum atomic E-state index is 4.89. The minimum Gasteiger partial charge on any atom is -0.253 e. The molecular formula is C27H27N. The quantitative estimate of drug-likeness (QED) is 0.425. The average molecular weight is 366 g/mol. The van der Waals surface area contributed by atoms with E-state index in [0.717, 1.165) is 22.5 Å². The summed E-state index contributed by atoms with van der Waals surface area (Å²) in [5, 5.41) is 0. The minimum atomic E-state index is 0.997. The summed E-state index contributed by atoms with van der Waals surface area (Å²) < 4.78 is 0. The van der Waals surface area contributed by atoms with Gasteiger partial charge in [0.05, 0.1) is 5.69 Å². The minimum absolute atomic E-state index is 0.997. The third-order valence-corrected chi connectivity index (χ3v) is 4.94. The van der Waals surface area contributed by atoms with E-state index in [-0.39, 0.29) is 0 Å². The van der Waals surface area contributed by atoms with E-state index < -0.39 is 0 Å². The molecule has 0 radical (unpaired) electrons. The van der Waals surface area contributed by atoms with Crippen molar-refractivity contribution in [2.75, 3.05) is 0 Å². The largest absolute Gasteiger partial charge is 0.253 e. The molecular weight excluding hydrogens is 338 g/mol. The molecule has 0 saturated heterocycles. The third-order valence-electron chi connectivity index (χ3n) is 4.94. The van der Waals surface area contributed by atoms with Gasteiger partial charge in [0.1, 0.15) is 0 Å². The maximum Gasteiger partial charge on any atom is 0.0717 e. The molecule has 3 rings (SSSR count). The molecule has 0 fully saturated rings. The lowest BCUT2D eigenvalue weighted by atomic mass is 9.89. The van der Waals surface area contributed by atoms with Gasteiger partial charge < -0.3 is 0 Å². The van der Waals surface area contributed by atoms with E-state index in [4.69, 9.17) is 4.98 Å². The van der Waals surface area contributed by atoms with E-state index in [0.29, 0.717) is 0 Å². The van der Waals surface area contributed by atoms with Gasteiger partial charge in [0, 0.05) is 11.3 Å². The molecule has 0 bridgehead atoms. The maximum absolute atomic E-state index is 4.89. The Kier molecular flexibility index (Phi) is 6.06. The van der Waals surface area contributed by atoms with Crippen molar-refractivity contribution in [2.24, 2.45) is 0 Å². The van der Waals surface area contributed by atoms with Crippen molar-refractivity contribution < 1.29 is 0 Å². The number of rotatable bonds is 5. The van der Waals surface area contributed by atoms with Gasteiger partial charge in [-0.05, 0) is 73.2 Å². The highest BCUT2D eigenvalue weighted by Crippen LogP contribution is 2.35. The zero-order chi connectivity index (χ0) is 20.1. The Morgan fingerprint density at radius 3 is 2.36 bits per heavy atom. The molecule has 1 heterocycles. The predicted molar refractivity (Wildman–Crippen MR) is 122 cm³/mol. The molecule has 1 aromatic heterocycles. The summed E-state index contributed by atoms with van der Waals surface area (Å²) in [6.45, 7) is 12.4. The van der Waals surface area contributed by atoms with Gasteiger partial charge in [-0.1, -0.05) is 73.3 Å². The summed E-state index contributed by atoms with van der Waals surface area (Å²) >= 11 is 0. The van der Waals surface area contributed by atoms with Gasteiger partial charge in [-0.25, -0.2) is 0 Å².